The summed E-state index contributed by atoms with van der Waals surface area (Å²) >= 11 is 0. The van der Waals surface area contributed by atoms with E-state index in [2.05, 4.69) is 10.2 Å². The van der Waals surface area contributed by atoms with Crippen molar-refractivity contribution in [2.75, 3.05) is 5.73 Å². The predicted molar refractivity (Wildman–Crippen MR) is 51.9 cm³/mol. The molecule has 12 heavy (non-hydrogen) atoms. The van der Waals surface area contributed by atoms with E-state index in [0.29, 0.717) is 0 Å². The van der Waals surface area contributed by atoms with E-state index in [0.717, 1.165) is 16.6 Å². The highest BCUT2D eigenvalue weighted by atomic mass is 15.1. The number of hydrogen-bond acceptors (Lipinski definition) is 2. The van der Waals surface area contributed by atoms with E-state index in [1.165, 1.54) is 0 Å². The number of aromatic amines is 1. The highest BCUT2D eigenvalue weighted by molar-refractivity contribution is 5.81. The molecule has 0 amide bonds. The minimum absolute atomic E-state index is 0.772. The molecule has 1 aromatic carbocycles. The van der Waals surface area contributed by atoms with Crippen LogP contribution in [0.1, 0.15) is 13.8 Å². The molecular weight excluding hydrogens is 150 g/mol. The second-order valence-corrected chi connectivity index (χ2v) is 2.22. The Morgan fingerprint density at radius 2 is 2.08 bits per heavy atom. The first-order valence-electron chi connectivity index (χ1n) is 4.05. The number of nitrogens with zero attached hydrogens (tertiary/aromatic N) is 1. The summed E-state index contributed by atoms with van der Waals surface area (Å²) in [5.41, 5.74) is 7.34. The van der Waals surface area contributed by atoms with Crippen LogP contribution < -0.4 is 5.73 Å². The Morgan fingerprint density at radius 1 is 1.33 bits per heavy atom. The van der Waals surface area contributed by atoms with Crippen LogP contribution >= 0.6 is 0 Å². The Bertz CT molecular complexity index is 351. The van der Waals surface area contributed by atoms with Gasteiger partial charge in [0.15, 0.2) is 0 Å². The van der Waals surface area contributed by atoms with E-state index >= 15 is 0 Å². The van der Waals surface area contributed by atoms with E-state index in [4.69, 9.17) is 5.73 Å². The lowest BCUT2D eigenvalue weighted by Gasteiger charge is -1.89. The van der Waals surface area contributed by atoms with Crippen molar-refractivity contribution >= 4 is 16.6 Å². The summed E-state index contributed by atoms with van der Waals surface area (Å²) in [7, 11) is 0. The molecule has 3 nitrogen and oxygen atoms in total. The second kappa shape index (κ2) is 3.76. The fourth-order valence-corrected chi connectivity index (χ4v) is 0.961. The number of benzene rings is 1. The van der Waals surface area contributed by atoms with Gasteiger partial charge in [0.05, 0.1) is 11.7 Å². The van der Waals surface area contributed by atoms with Crippen molar-refractivity contribution in [2.45, 2.75) is 13.8 Å². The van der Waals surface area contributed by atoms with Crippen molar-refractivity contribution in [1.29, 1.82) is 0 Å². The van der Waals surface area contributed by atoms with E-state index in [1.807, 2.05) is 32.0 Å². The Morgan fingerprint density at radius 3 is 2.83 bits per heavy atom. The molecule has 1 aromatic heterocycles. The number of H-pyrrole nitrogens is 1. The molecule has 0 unspecified atom stereocenters. The largest absolute Gasteiger partial charge is 0.399 e. The normalized spacial score (nSPS) is 9.17. The number of rotatable bonds is 0. The van der Waals surface area contributed by atoms with Gasteiger partial charge in [-0.15, -0.1) is 0 Å². The van der Waals surface area contributed by atoms with Crippen LogP contribution in [0, 0.1) is 0 Å². The average molecular weight is 163 g/mol. The molecule has 0 saturated heterocycles. The van der Waals surface area contributed by atoms with Gasteiger partial charge in [-0.2, -0.15) is 5.10 Å². The van der Waals surface area contributed by atoms with Crippen LogP contribution in [0.2, 0.25) is 0 Å². The maximum atomic E-state index is 5.54. The lowest BCUT2D eigenvalue weighted by atomic mass is 10.2. The third kappa shape index (κ3) is 1.56. The van der Waals surface area contributed by atoms with Crippen molar-refractivity contribution < 1.29 is 0 Å². The molecule has 0 bridgehead atoms. The van der Waals surface area contributed by atoms with Gasteiger partial charge in [0, 0.05) is 11.1 Å². The third-order valence-corrected chi connectivity index (χ3v) is 1.46. The van der Waals surface area contributed by atoms with Crippen LogP contribution in [-0.4, -0.2) is 10.2 Å². The maximum Gasteiger partial charge on any atom is 0.0651 e. The van der Waals surface area contributed by atoms with Crippen molar-refractivity contribution in [1.82, 2.24) is 10.2 Å². The van der Waals surface area contributed by atoms with Gasteiger partial charge in [-0.25, -0.2) is 0 Å². The summed E-state index contributed by atoms with van der Waals surface area (Å²) in [5, 5.41) is 7.76. The van der Waals surface area contributed by atoms with E-state index in [9.17, 15) is 0 Å². The van der Waals surface area contributed by atoms with Crippen LogP contribution in [0.5, 0.6) is 0 Å². The smallest absolute Gasteiger partial charge is 0.0651 e. The first-order chi connectivity index (χ1) is 5.86. The van der Waals surface area contributed by atoms with Crippen molar-refractivity contribution in [2.24, 2.45) is 0 Å². The quantitative estimate of drug-likeness (QED) is 0.585. The Kier molecular flexibility index (Phi) is 2.69. The molecule has 1 heterocycles. The average Bonchev–Trinajstić information content (AvgIpc) is 2.54. The highest BCUT2D eigenvalue weighted by Gasteiger charge is 1.92. The number of anilines is 1. The molecular formula is C9H13N3. The van der Waals surface area contributed by atoms with Crippen LogP contribution in [0.15, 0.2) is 24.4 Å². The summed E-state index contributed by atoms with van der Waals surface area (Å²) in [5.74, 6) is 0. The zero-order valence-corrected chi connectivity index (χ0v) is 7.33. The van der Waals surface area contributed by atoms with Crippen molar-refractivity contribution in [3.05, 3.63) is 24.4 Å². The minimum Gasteiger partial charge on any atom is -0.399 e. The monoisotopic (exact) mass is 163 g/mol. The Hall–Kier alpha value is -1.51. The SMILES string of the molecule is CC.Nc1ccc2[nH]ncc2c1. The highest BCUT2D eigenvalue weighted by Crippen LogP contribution is 2.13. The van der Waals surface area contributed by atoms with E-state index < -0.39 is 0 Å². The number of hydrogen-bond donors (Lipinski definition) is 2. The van der Waals surface area contributed by atoms with Gasteiger partial charge < -0.3 is 5.73 Å². The van der Waals surface area contributed by atoms with Gasteiger partial charge in [-0.3, -0.25) is 5.10 Å². The number of nitrogens with two attached hydrogens (primary N) is 1. The van der Waals surface area contributed by atoms with Gasteiger partial charge in [0.2, 0.25) is 0 Å². The fourth-order valence-electron chi connectivity index (χ4n) is 0.961. The Balaban J connectivity index is 0.000000336. The molecule has 2 aromatic rings. The van der Waals surface area contributed by atoms with Gasteiger partial charge in [-0.1, -0.05) is 13.8 Å². The van der Waals surface area contributed by atoms with Crippen LogP contribution in [-0.2, 0) is 0 Å². The molecule has 3 N–H and O–H groups in total. The van der Waals surface area contributed by atoms with E-state index in [-0.39, 0.29) is 0 Å². The number of aromatic nitrogens is 2. The Labute approximate surface area is 71.6 Å². The van der Waals surface area contributed by atoms with Crippen LogP contribution in [0.3, 0.4) is 0 Å². The molecule has 64 valence electrons. The third-order valence-electron chi connectivity index (χ3n) is 1.46. The molecule has 0 fully saturated rings. The molecule has 0 spiro atoms. The number of nitrogen functional groups attached to an aromatic ring is 1. The number of nitrogens with one attached hydrogen (secondary N) is 1. The summed E-state index contributed by atoms with van der Waals surface area (Å²) in [4.78, 5) is 0. The zero-order chi connectivity index (χ0) is 8.97. The predicted octanol–water partition coefficient (Wildman–Crippen LogP) is 2.17. The second-order valence-electron chi connectivity index (χ2n) is 2.22. The molecule has 0 radical (unpaired) electrons. The standard InChI is InChI=1S/C7H7N3.C2H6/c8-6-1-2-7-5(3-6)4-9-10-7;1-2/h1-4H,8H2,(H,9,10);1-2H3. The summed E-state index contributed by atoms with van der Waals surface area (Å²) in [6, 6.07) is 5.65. The van der Waals surface area contributed by atoms with Crippen molar-refractivity contribution in [3.63, 3.8) is 0 Å². The fraction of sp³-hybridized carbons (Fsp3) is 0.222. The molecule has 0 aliphatic rings. The lowest BCUT2D eigenvalue weighted by molar-refractivity contribution is 1.12. The number of fused-ring (bicyclic) bond motifs is 1. The first kappa shape index (κ1) is 8.59. The zero-order valence-electron chi connectivity index (χ0n) is 7.33. The summed E-state index contributed by atoms with van der Waals surface area (Å²) in [6.07, 6.45) is 1.76. The van der Waals surface area contributed by atoms with Crippen LogP contribution in [0.25, 0.3) is 10.9 Å². The summed E-state index contributed by atoms with van der Waals surface area (Å²) < 4.78 is 0. The molecule has 2 rings (SSSR count). The molecule has 3 heteroatoms. The van der Waals surface area contributed by atoms with Crippen LogP contribution in [0.4, 0.5) is 5.69 Å². The van der Waals surface area contributed by atoms with Gasteiger partial charge in [0.1, 0.15) is 0 Å². The van der Waals surface area contributed by atoms with Crippen molar-refractivity contribution in [3.8, 4) is 0 Å². The van der Waals surface area contributed by atoms with Gasteiger partial charge in [0.25, 0.3) is 0 Å². The van der Waals surface area contributed by atoms with Gasteiger partial charge >= 0.3 is 0 Å². The molecule has 0 saturated carbocycles. The molecule has 0 atom stereocenters. The van der Waals surface area contributed by atoms with Gasteiger partial charge in [-0.05, 0) is 18.2 Å². The lowest BCUT2D eigenvalue weighted by Crippen LogP contribution is -1.81. The van der Waals surface area contributed by atoms with E-state index in [1.54, 1.807) is 6.20 Å². The molecule has 0 aliphatic carbocycles. The molecule has 0 aliphatic heterocycles. The summed E-state index contributed by atoms with van der Waals surface area (Å²) in [6.45, 7) is 4.00. The topological polar surface area (TPSA) is 54.7 Å². The maximum absolute atomic E-state index is 5.54. The first-order valence-corrected chi connectivity index (χ1v) is 4.05. The minimum atomic E-state index is 0.772.